The monoisotopic (exact) mass is 1040 g/mol. The van der Waals surface area contributed by atoms with Crippen molar-refractivity contribution in [2.75, 3.05) is 24.7 Å². The number of nitrogens with two attached hydrogens (primary N) is 1. The van der Waals surface area contributed by atoms with E-state index in [1.54, 1.807) is 36.4 Å². The minimum Gasteiger partial charge on any atom is -0.489 e. The molecule has 0 fully saturated rings. The van der Waals surface area contributed by atoms with Crippen molar-refractivity contribution in [2.45, 2.75) is 100 Å². The van der Waals surface area contributed by atoms with Gasteiger partial charge in [0.2, 0.25) is 17.9 Å². The van der Waals surface area contributed by atoms with Crippen LogP contribution in [0, 0.1) is 0 Å². The summed E-state index contributed by atoms with van der Waals surface area (Å²) >= 11 is 12.5. The molecular formula is C57H72Cl2N6O8. The fraction of sp³-hybridized carbons (Fsp3) is 0.298. The highest BCUT2D eigenvalue weighted by atomic mass is 35.5. The first-order valence-electron chi connectivity index (χ1n) is 22.4. The van der Waals surface area contributed by atoms with E-state index in [-0.39, 0.29) is 46.3 Å². The summed E-state index contributed by atoms with van der Waals surface area (Å²) in [6.07, 6.45) is 2.00. The lowest BCUT2D eigenvalue weighted by atomic mass is 10.0. The number of carbonyl (C=O) groups excluding carboxylic acids is 4. The van der Waals surface area contributed by atoms with E-state index in [0.717, 1.165) is 33.8 Å². The summed E-state index contributed by atoms with van der Waals surface area (Å²) in [7, 11) is 2.88. The molecular weight excluding hydrogens is 968 g/mol. The SMILES string of the molecule is C.C.C.CC(C)Oc1ccc(NC(=O)C(N)Cc2ccc(OCc3ccccc3)cc2)cc1Cl.CN=C=O.CNC(=O)NC(Cc1ccc(OCc2ccccc2)cc1)C(=O)Nc1ccc(OC(C)C)c(Cl)c1. The Hall–Kier alpha value is -7.35. The van der Waals surface area contributed by atoms with Crippen molar-refractivity contribution < 1.29 is 38.1 Å². The van der Waals surface area contributed by atoms with E-state index < -0.39 is 18.1 Å². The zero-order valence-corrected chi connectivity index (χ0v) is 41.6. The fourth-order valence-corrected chi connectivity index (χ4v) is 6.72. The van der Waals surface area contributed by atoms with Crippen LogP contribution in [0.2, 0.25) is 10.0 Å². The normalized spacial score (nSPS) is 10.7. The first kappa shape index (κ1) is 63.7. The maximum atomic E-state index is 13.0. The predicted octanol–water partition coefficient (Wildman–Crippen LogP) is 12.3. The van der Waals surface area contributed by atoms with Gasteiger partial charge in [0.1, 0.15) is 42.3 Å². The highest BCUT2D eigenvalue weighted by molar-refractivity contribution is 6.32. The van der Waals surface area contributed by atoms with Crippen molar-refractivity contribution >= 4 is 58.5 Å². The Morgan fingerprint density at radius 3 is 1.36 bits per heavy atom. The number of aliphatic imine (C=N–C) groups is 1. The number of anilines is 2. The zero-order chi connectivity index (χ0) is 50.8. The minimum atomic E-state index is -0.809. The summed E-state index contributed by atoms with van der Waals surface area (Å²) in [5, 5.41) is 11.6. The Balaban J connectivity index is 0.000000658. The average Bonchev–Trinajstić information content (AvgIpc) is 3.35. The van der Waals surface area contributed by atoms with E-state index in [9.17, 15) is 14.4 Å². The molecule has 0 radical (unpaired) electrons. The molecule has 392 valence electrons. The molecule has 0 spiro atoms. The van der Waals surface area contributed by atoms with Gasteiger partial charge in [0.25, 0.3) is 0 Å². The number of hydrogen-bond acceptors (Lipinski definition) is 10. The van der Waals surface area contributed by atoms with E-state index in [0.29, 0.717) is 59.0 Å². The number of isocyanates is 1. The molecule has 0 aliphatic rings. The topological polar surface area (TPSA) is 192 Å². The second-order valence-electron chi connectivity index (χ2n) is 16.0. The van der Waals surface area contributed by atoms with Crippen molar-refractivity contribution in [1.82, 2.24) is 10.6 Å². The van der Waals surface area contributed by atoms with Crippen LogP contribution in [0.25, 0.3) is 0 Å². The lowest BCUT2D eigenvalue weighted by molar-refractivity contribution is -0.118. The largest absolute Gasteiger partial charge is 0.489 e. The van der Waals surface area contributed by atoms with Crippen LogP contribution < -0.4 is 45.9 Å². The summed E-state index contributed by atoms with van der Waals surface area (Å²) in [4.78, 5) is 49.3. The molecule has 73 heavy (non-hydrogen) atoms. The molecule has 6 aromatic carbocycles. The second kappa shape index (κ2) is 34.1. The Morgan fingerprint density at radius 1 is 0.589 bits per heavy atom. The maximum Gasteiger partial charge on any atom is 0.315 e. The van der Waals surface area contributed by atoms with Crippen LogP contribution in [0.4, 0.5) is 16.2 Å². The van der Waals surface area contributed by atoms with Gasteiger partial charge in [-0.15, -0.1) is 0 Å². The molecule has 14 nitrogen and oxygen atoms in total. The van der Waals surface area contributed by atoms with Crippen LogP contribution in [0.15, 0.2) is 151 Å². The van der Waals surface area contributed by atoms with Gasteiger partial charge in [-0.2, -0.15) is 0 Å². The van der Waals surface area contributed by atoms with Crippen LogP contribution >= 0.6 is 23.2 Å². The van der Waals surface area contributed by atoms with Gasteiger partial charge in [0.15, 0.2) is 0 Å². The number of carbonyl (C=O) groups is 3. The van der Waals surface area contributed by atoms with Crippen molar-refractivity contribution in [3.8, 4) is 23.0 Å². The molecule has 2 unspecified atom stereocenters. The van der Waals surface area contributed by atoms with E-state index in [1.807, 2.05) is 137 Å². The van der Waals surface area contributed by atoms with Gasteiger partial charge in [-0.25, -0.2) is 14.6 Å². The smallest absolute Gasteiger partial charge is 0.315 e. The standard InChI is InChI=1S/C27H30ClN3O4.C25H27ClN2O3.C2H3NO.3CH4/c1-18(2)35-25-14-11-21(16-23(25)28)30-26(32)24(31-27(33)29-3)15-19-9-12-22(13-10-19)34-17-20-7-5-4-6-8-20;1-17(2)31-24-13-10-20(15-22(24)26)28-25(29)23(27)14-18-8-11-21(12-9-18)30-16-19-6-4-3-5-7-19;1-3-2-4;;;/h4-14,16,18,24H,15,17H2,1-3H3,(H,30,32)(H2,29,31,33);3-13,15,17,23H,14,16,27H2,1-2H3,(H,28,29);1H3;3*1H4. The van der Waals surface area contributed by atoms with Gasteiger partial charge in [-0.3, -0.25) is 9.59 Å². The molecule has 0 aliphatic carbocycles. The number of urea groups is 1. The number of benzene rings is 6. The number of nitrogens with one attached hydrogen (secondary N) is 4. The number of ether oxygens (including phenoxy) is 4. The summed E-state index contributed by atoms with van der Waals surface area (Å²) in [5.41, 5.74) is 11.2. The van der Waals surface area contributed by atoms with E-state index in [4.69, 9.17) is 52.7 Å². The average molecular weight is 1040 g/mol. The van der Waals surface area contributed by atoms with Crippen molar-refractivity contribution in [1.29, 1.82) is 0 Å². The molecule has 0 aromatic heterocycles. The quantitative estimate of drug-likeness (QED) is 0.0388. The Morgan fingerprint density at radius 2 is 0.986 bits per heavy atom. The summed E-state index contributed by atoms with van der Waals surface area (Å²) in [5.74, 6) is 1.95. The lowest BCUT2D eigenvalue weighted by Crippen LogP contribution is -2.48. The van der Waals surface area contributed by atoms with Crippen molar-refractivity contribution in [3.63, 3.8) is 0 Å². The number of halogens is 2. The maximum absolute atomic E-state index is 13.0. The summed E-state index contributed by atoms with van der Waals surface area (Å²) in [6, 6.07) is 43.1. The van der Waals surface area contributed by atoms with Gasteiger partial charge in [0.05, 0.1) is 28.3 Å². The summed E-state index contributed by atoms with van der Waals surface area (Å²) < 4.78 is 22.8. The third-order valence-corrected chi connectivity index (χ3v) is 10.2. The molecule has 6 N–H and O–H groups in total. The number of nitrogens with zero attached hydrogens (tertiary/aromatic N) is 1. The molecule has 6 rings (SSSR count). The highest BCUT2D eigenvalue weighted by Gasteiger charge is 2.22. The van der Waals surface area contributed by atoms with Crippen LogP contribution in [0.1, 0.15) is 72.2 Å². The van der Waals surface area contributed by atoms with Gasteiger partial charge < -0.3 is 45.9 Å². The zero-order valence-electron chi connectivity index (χ0n) is 40.0. The van der Waals surface area contributed by atoms with Gasteiger partial charge in [0, 0.05) is 31.9 Å². The molecule has 0 bridgehead atoms. The molecule has 4 amide bonds. The highest BCUT2D eigenvalue weighted by Crippen LogP contribution is 2.30. The van der Waals surface area contributed by atoms with Crippen molar-refractivity contribution in [2.24, 2.45) is 10.7 Å². The fourth-order valence-electron chi connectivity index (χ4n) is 6.27. The number of rotatable bonds is 19. The van der Waals surface area contributed by atoms with E-state index in [1.165, 1.54) is 20.2 Å². The van der Waals surface area contributed by atoms with Crippen LogP contribution in [0.5, 0.6) is 23.0 Å². The van der Waals surface area contributed by atoms with Gasteiger partial charge >= 0.3 is 6.03 Å². The summed E-state index contributed by atoms with van der Waals surface area (Å²) in [6.45, 7) is 8.63. The molecule has 0 aliphatic heterocycles. The lowest BCUT2D eigenvalue weighted by Gasteiger charge is -2.19. The van der Waals surface area contributed by atoms with Crippen LogP contribution in [-0.4, -0.2) is 62.3 Å². The third kappa shape index (κ3) is 23.6. The molecule has 0 saturated carbocycles. The van der Waals surface area contributed by atoms with E-state index in [2.05, 4.69) is 26.3 Å². The van der Waals surface area contributed by atoms with Crippen LogP contribution in [-0.2, 0) is 40.4 Å². The predicted molar refractivity (Wildman–Crippen MR) is 297 cm³/mol. The number of amides is 4. The Kier molecular flexibility index (Phi) is 29.7. The van der Waals surface area contributed by atoms with Gasteiger partial charge in [-0.1, -0.05) is 130 Å². The molecule has 0 heterocycles. The molecule has 0 saturated heterocycles. The Labute approximate surface area is 442 Å². The third-order valence-electron chi connectivity index (χ3n) is 9.64. The first-order chi connectivity index (χ1) is 33.6. The molecule has 6 aromatic rings. The molecule has 16 heteroatoms. The second-order valence-corrected chi connectivity index (χ2v) is 16.9. The van der Waals surface area contributed by atoms with Crippen LogP contribution in [0.3, 0.4) is 0 Å². The minimum absolute atomic E-state index is 0. The first-order valence-corrected chi connectivity index (χ1v) is 23.2. The van der Waals surface area contributed by atoms with E-state index >= 15 is 0 Å². The Bertz CT molecular complexity index is 2600. The van der Waals surface area contributed by atoms with Gasteiger partial charge in [-0.05, 0) is 117 Å². The van der Waals surface area contributed by atoms with Crippen molar-refractivity contribution in [3.05, 3.63) is 178 Å². The number of hydrogen-bond donors (Lipinski definition) is 5. The molecule has 2 atom stereocenters.